The zero-order valence-electron chi connectivity index (χ0n) is 14.9. The van der Waals surface area contributed by atoms with Crippen LogP contribution in [0, 0.1) is 44.1 Å². The van der Waals surface area contributed by atoms with Gasteiger partial charge in [-0.05, 0) is 41.8 Å². The van der Waals surface area contributed by atoms with Crippen LogP contribution in [0.1, 0.15) is 11.1 Å². The first-order valence-corrected chi connectivity index (χ1v) is 8.14. The average Bonchev–Trinajstić information content (AvgIpc) is 2.91. The Labute approximate surface area is 189 Å². The largest absolute Gasteiger partial charge is 0.497 e. The molecular weight excluding hydrogens is 547 g/mol. The van der Waals surface area contributed by atoms with Crippen LogP contribution in [0.15, 0.2) is 48.5 Å². The number of carbonyl (C=O) groups is 1. The van der Waals surface area contributed by atoms with Gasteiger partial charge in [-0.2, -0.15) is 0 Å². The Morgan fingerprint density at radius 3 is 1.85 bits per heavy atom. The molecule has 0 saturated carbocycles. The number of nitrogens with zero attached hydrogens (tertiary/aromatic N) is 1. The molecule has 2 N–H and O–H groups in total. The van der Waals surface area contributed by atoms with Crippen LogP contribution >= 0.6 is 0 Å². The first-order valence-electron chi connectivity index (χ1n) is 8.14. The van der Waals surface area contributed by atoms with Crippen LogP contribution in [0.3, 0.4) is 0 Å². The average molecular weight is 569 g/mol. The van der Waals surface area contributed by atoms with Crippen molar-refractivity contribution in [2.45, 2.75) is 25.0 Å². The fraction of sp³-hybridized carbons (Fsp3) is 0.316. The van der Waals surface area contributed by atoms with Crippen LogP contribution < -0.4 is 14.8 Å². The minimum Gasteiger partial charge on any atom is -0.497 e. The van der Waals surface area contributed by atoms with Gasteiger partial charge in [-0.1, -0.05) is 24.3 Å². The molecule has 2 aromatic carbocycles. The summed E-state index contributed by atoms with van der Waals surface area (Å²) in [7, 11) is 3.23. The first kappa shape index (κ1) is 21.2. The smallest absolute Gasteiger partial charge is 0.264 e. The number of ether oxygens (including phenoxy) is 2. The van der Waals surface area contributed by atoms with Crippen LogP contribution in [0.5, 0.6) is 11.5 Å². The van der Waals surface area contributed by atoms with Gasteiger partial charge in [0.2, 0.25) is 0 Å². The molecule has 0 aromatic heterocycles. The van der Waals surface area contributed by atoms with Gasteiger partial charge in [0.05, 0.1) is 20.3 Å². The summed E-state index contributed by atoms with van der Waals surface area (Å²) in [5.74, 6) is 1.24. The van der Waals surface area contributed by atoms with Crippen molar-refractivity contribution in [3.8, 4) is 11.5 Å². The predicted octanol–water partition coefficient (Wildman–Crippen LogP) is 2.00. The van der Waals surface area contributed by atoms with Gasteiger partial charge in [-0.15, -0.1) is 0 Å². The molecule has 0 spiro atoms. The quantitative estimate of drug-likeness (QED) is 0.522. The van der Waals surface area contributed by atoms with Crippen LogP contribution in [0.4, 0.5) is 0 Å². The third kappa shape index (κ3) is 4.98. The number of amides is 1. The number of hydroxylamine groups is 2. The maximum Gasteiger partial charge on any atom is 0.264 e. The molecule has 135 valence electrons. The molecule has 1 heterocycles. The molecule has 1 radical (unpaired) electrons. The number of methoxy groups -OCH3 is 2. The fourth-order valence-electron chi connectivity index (χ4n) is 2.96. The SMILES string of the molecule is COc1ccc(CC2NC(Cc3ccc(OC)cc3)N(O)C2=O)cc1.[Ac]. The number of hydrogen-bond donors (Lipinski definition) is 2. The summed E-state index contributed by atoms with van der Waals surface area (Å²) in [4.78, 5) is 12.3. The van der Waals surface area contributed by atoms with Crippen molar-refractivity contribution in [3.05, 3.63) is 59.7 Å². The summed E-state index contributed by atoms with van der Waals surface area (Å²) in [6.07, 6.45) is 0.591. The van der Waals surface area contributed by atoms with Gasteiger partial charge in [-0.25, -0.2) is 5.06 Å². The Morgan fingerprint density at radius 2 is 1.38 bits per heavy atom. The van der Waals surface area contributed by atoms with E-state index in [-0.39, 0.29) is 50.0 Å². The van der Waals surface area contributed by atoms with Gasteiger partial charge in [0.15, 0.2) is 0 Å². The van der Waals surface area contributed by atoms with Crippen molar-refractivity contribution in [2.75, 3.05) is 14.2 Å². The maximum absolute atomic E-state index is 12.3. The van der Waals surface area contributed by atoms with Crippen LogP contribution in [-0.2, 0) is 17.6 Å². The second-order valence-corrected chi connectivity index (χ2v) is 6.02. The monoisotopic (exact) mass is 569 g/mol. The van der Waals surface area contributed by atoms with E-state index in [1.54, 1.807) is 14.2 Å². The van der Waals surface area contributed by atoms with E-state index in [4.69, 9.17) is 9.47 Å². The standard InChI is InChI=1S/C19H22N2O4.Ac/c1-24-15-7-3-13(4-8-15)11-17-19(22)21(23)18(20-17)12-14-5-9-16(25-2)10-6-14;/h3-10,17-18,20,23H,11-12H2,1-2H3;. The Hall–Kier alpha value is -1.13. The van der Waals surface area contributed by atoms with Crippen molar-refractivity contribution >= 4 is 5.91 Å². The Morgan fingerprint density at radius 1 is 0.923 bits per heavy atom. The fourth-order valence-corrected chi connectivity index (χ4v) is 2.96. The van der Waals surface area contributed by atoms with Gasteiger partial charge in [0.1, 0.15) is 17.7 Å². The Kier molecular flexibility index (Phi) is 7.90. The van der Waals surface area contributed by atoms with Crippen LogP contribution in [0.2, 0.25) is 0 Å². The van der Waals surface area contributed by atoms with E-state index in [1.807, 2.05) is 48.5 Å². The molecule has 1 aliphatic rings. The number of rotatable bonds is 6. The van der Waals surface area contributed by atoms with Crippen molar-refractivity contribution in [3.63, 3.8) is 0 Å². The van der Waals surface area contributed by atoms with E-state index in [0.29, 0.717) is 12.8 Å². The Balaban J connectivity index is 0.00000243. The van der Waals surface area contributed by atoms with Gasteiger partial charge in [-0.3, -0.25) is 15.3 Å². The van der Waals surface area contributed by atoms with Gasteiger partial charge in [0.25, 0.3) is 5.91 Å². The Bertz CT molecular complexity index is 721. The van der Waals surface area contributed by atoms with Crippen molar-refractivity contribution in [1.29, 1.82) is 0 Å². The van der Waals surface area contributed by atoms with E-state index in [2.05, 4.69) is 5.32 Å². The number of hydrogen-bond acceptors (Lipinski definition) is 5. The summed E-state index contributed by atoms with van der Waals surface area (Å²) < 4.78 is 10.3. The minimum atomic E-state index is -0.443. The van der Waals surface area contributed by atoms with Gasteiger partial charge in [0, 0.05) is 50.5 Å². The zero-order valence-corrected chi connectivity index (χ0v) is 19.6. The summed E-state index contributed by atoms with van der Waals surface area (Å²) >= 11 is 0. The summed E-state index contributed by atoms with van der Waals surface area (Å²) in [6, 6.07) is 14.7. The maximum atomic E-state index is 12.3. The number of benzene rings is 2. The van der Waals surface area contributed by atoms with Gasteiger partial charge < -0.3 is 9.47 Å². The predicted molar refractivity (Wildman–Crippen MR) is 92.7 cm³/mol. The molecular formula is C19H22AcN2O4. The molecule has 26 heavy (non-hydrogen) atoms. The third-order valence-corrected chi connectivity index (χ3v) is 4.40. The molecule has 0 aliphatic carbocycles. The molecule has 0 bridgehead atoms. The van der Waals surface area contributed by atoms with Crippen molar-refractivity contribution in [2.24, 2.45) is 0 Å². The third-order valence-electron chi connectivity index (χ3n) is 4.40. The van der Waals surface area contributed by atoms with Crippen molar-refractivity contribution < 1.29 is 63.5 Å². The normalized spacial score (nSPS) is 19.2. The van der Waals surface area contributed by atoms with Crippen LogP contribution in [-0.4, -0.2) is 42.6 Å². The molecule has 7 heteroatoms. The topological polar surface area (TPSA) is 71.0 Å². The van der Waals surface area contributed by atoms with Crippen molar-refractivity contribution in [1.82, 2.24) is 10.4 Å². The zero-order chi connectivity index (χ0) is 17.8. The molecule has 6 nitrogen and oxygen atoms in total. The molecule has 2 atom stereocenters. The van der Waals surface area contributed by atoms with Crippen LogP contribution in [0.25, 0.3) is 0 Å². The first-order chi connectivity index (χ1) is 12.1. The molecule has 1 fully saturated rings. The molecule has 1 saturated heterocycles. The van der Waals surface area contributed by atoms with E-state index in [1.165, 1.54) is 0 Å². The summed E-state index contributed by atoms with van der Waals surface area (Å²) in [5.41, 5.74) is 2.01. The molecule has 3 rings (SSSR count). The minimum absolute atomic E-state index is 0. The summed E-state index contributed by atoms with van der Waals surface area (Å²) in [6.45, 7) is 0. The summed E-state index contributed by atoms with van der Waals surface area (Å²) in [5, 5.41) is 14.1. The van der Waals surface area contributed by atoms with E-state index in [9.17, 15) is 10.0 Å². The second-order valence-electron chi connectivity index (χ2n) is 6.02. The van der Waals surface area contributed by atoms with E-state index >= 15 is 0 Å². The molecule has 1 aliphatic heterocycles. The van der Waals surface area contributed by atoms with E-state index in [0.717, 1.165) is 27.7 Å². The number of carbonyl (C=O) groups excluding carboxylic acids is 1. The molecule has 2 unspecified atom stereocenters. The molecule has 2 aromatic rings. The van der Waals surface area contributed by atoms with Gasteiger partial charge >= 0.3 is 0 Å². The van der Waals surface area contributed by atoms with E-state index < -0.39 is 12.2 Å². The molecule has 1 amide bonds. The second kappa shape index (κ2) is 9.70. The number of nitrogens with one attached hydrogen (secondary N) is 1.